The van der Waals surface area contributed by atoms with Crippen LogP contribution in [0.3, 0.4) is 0 Å². The highest BCUT2D eigenvalue weighted by Gasteiger charge is 2.06. The van der Waals surface area contributed by atoms with Gasteiger partial charge in [0.2, 0.25) is 0 Å². The number of rotatable bonds is 7. The van der Waals surface area contributed by atoms with Crippen molar-refractivity contribution < 1.29 is 4.39 Å². The fourth-order valence-corrected chi connectivity index (χ4v) is 3.27. The number of halogens is 2. The van der Waals surface area contributed by atoms with Crippen molar-refractivity contribution in [1.29, 1.82) is 0 Å². The van der Waals surface area contributed by atoms with E-state index >= 15 is 0 Å². The van der Waals surface area contributed by atoms with Gasteiger partial charge >= 0.3 is 0 Å². The van der Waals surface area contributed by atoms with Gasteiger partial charge in [0.25, 0.3) is 0 Å². The summed E-state index contributed by atoms with van der Waals surface area (Å²) in [6.45, 7) is 4.00. The lowest BCUT2D eigenvalue weighted by Gasteiger charge is -2.11. The number of fused-ring (bicyclic) bond motifs is 1. The van der Waals surface area contributed by atoms with Crippen LogP contribution >= 0.6 is 24.0 Å². The molecule has 0 fully saturated rings. The summed E-state index contributed by atoms with van der Waals surface area (Å²) >= 11 is 0. The second-order valence-electron chi connectivity index (χ2n) is 6.85. The van der Waals surface area contributed by atoms with Crippen molar-refractivity contribution >= 4 is 40.8 Å². The van der Waals surface area contributed by atoms with E-state index in [1.807, 2.05) is 37.5 Å². The number of pyridine rings is 1. The molecule has 0 atom stereocenters. The third kappa shape index (κ3) is 5.81. The largest absolute Gasteiger partial charge is 0.361 e. The number of hydrogen-bond acceptors (Lipinski definition) is 3. The molecule has 7 nitrogen and oxygen atoms in total. The summed E-state index contributed by atoms with van der Waals surface area (Å²) in [6.07, 6.45) is 8.04. The molecule has 0 radical (unpaired) electrons. The van der Waals surface area contributed by atoms with Gasteiger partial charge in [0, 0.05) is 48.8 Å². The molecule has 0 aliphatic carbocycles. The molecule has 0 spiro atoms. The van der Waals surface area contributed by atoms with Crippen molar-refractivity contribution in [2.24, 2.45) is 4.99 Å². The average Bonchev–Trinajstić information content (AvgIpc) is 3.43. The summed E-state index contributed by atoms with van der Waals surface area (Å²) in [7, 11) is 0. The lowest BCUT2D eigenvalue weighted by atomic mass is 10.1. The SMILES string of the molecule is CCNC(=NCc1ccnc(-n2cccn2)c1)NCCc1c[nH]c2ccc(F)cc12.I. The van der Waals surface area contributed by atoms with Crippen molar-refractivity contribution in [2.45, 2.75) is 19.9 Å². The molecule has 162 valence electrons. The standard InChI is InChI=1S/C22H24FN7.HI/c1-2-24-22(26-10-7-17-15-27-20-5-4-18(23)13-19(17)20)28-14-16-6-9-25-21(12-16)30-11-3-8-29-30;/h3-6,8-9,11-13,15,27H,2,7,10,14H2,1H3,(H2,24,26,28);1H. The van der Waals surface area contributed by atoms with Crippen LogP contribution in [-0.4, -0.2) is 38.8 Å². The van der Waals surface area contributed by atoms with Crippen LogP contribution in [0.5, 0.6) is 0 Å². The van der Waals surface area contributed by atoms with Crippen LogP contribution in [0.25, 0.3) is 16.7 Å². The third-order valence-corrected chi connectivity index (χ3v) is 4.73. The topological polar surface area (TPSA) is 82.9 Å². The van der Waals surface area contributed by atoms with E-state index in [0.717, 1.165) is 46.8 Å². The highest BCUT2D eigenvalue weighted by molar-refractivity contribution is 14.0. The molecular formula is C22H25FIN7. The Morgan fingerprint density at radius 2 is 2.10 bits per heavy atom. The molecule has 0 saturated carbocycles. The number of H-pyrrole nitrogens is 1. The van der Waals surface area contributed by atoms with E-state index in [2.05, 4.69) is 30.7 Å². The summed E-state index contributed by atoms with van der Waals surface area (Å²) in [5, 5.41) is 11.7. The number of aromatic nitrogens is 4. The zero-order valence-corrected chi connectivity index (χ0v) is 19.5. The minimum Gasteiger partial charge on any atom is -0.361 e. The van der Waals surface area contributed by atoms with Crippen LogP contribution in [-0.2, 0) is 13.0 Å². The number of aliphatic imine (C=N–C) groups is 1. The van der Waals surface area contributed by atoms with Gasteiger partial charge in [-0.2, -0.15) is 5.10 Å². The van der Waals surface area contributed by atoms with Gasteiger partial charge in [-0.05, 0) is 60.9 Å². The van der Waals surface area contributed by atoms with Crippen molar-refractivity contribution in [3.8, 4) is 5.82 Å². The molecule has 3 aromatic heterocycles. The molecule has 9 heteroatoms. The van der Waals surface area contributed by atoms with Crippen molar-refractivity contribution in [3.63, 3.8) is 0 Å². The van der Waals surface area contributed by atoms with Gasteiger partial charge in [-0.3, -0.25) is 0 Å². The first-order valence-electron chi connectivity index (χ1n) is 9.95. The first kappa shape index (κ1) is 22.7. The fraction of sp³-hybridized carbons (Fsp3) is 0.227. The molecule has 0 bridgehead atoms. The summed E-state index contributed by atoms with van der Waals surface area (Å²) in [6, 6.07) is 10.6. The third-order valence-electron chi connectivity index (χ3n) is 4.73. The Labute approximate surface area is 197 Å². The molecule has 3 heterocycles. The van der Waals surface area contributed by atoms with E-state index in [-0.39, 0.29) is 29.8 Å². The van der Waals surface area contributed by atoms with Crippen LogP contribution < -0.4 is 10.6 Å². The Balaban J connectivity index is 0.00000272. The summed E-state index contributed by atoms with van der Waals surface area (Å²) in [5.41, 5.74) is 3.06. The predicted octanol–water partition coefficient (Wildman–Crippen LogP) is 3.80. The first-order chi connectivity index (χ1) is 14.7. The second-order valence-corrected chi connectivity index (χ2v) is 6.85. The maximum Gasteiger partial charge on any atom is 0.191 e. The van der Waals surface area contributed by atoms with Gasteiger partial charge < -0.3 is 15.6 Å². The van der Waals surface area contributed by atoms with E-state index in [9.17, 15) is 4.39 Å². The number of nitrogens with one attached hydrogen (secondary N) is 3. The van der Waals surface area contributed by atoms with E-state index in [1.165, 1.54) is 6.07 Å². The fourth-order valence-electron chi connectivity index (χ4n) is 3.27. The molecule has 0 aliphatic heterocycles. The van der Waals surface area contributed by atoms with Gasteiger partial charge in [-0.1, -0.05) is 0 Å². The van der Waals surface area contributed by atoms with Crippen LogP contribution in [0.2, 0.25) is 0 Å². The lowest BCUT2D eigenvalue weighted by Crippen LogP contribution is -2.38. The molecule has 0 unspecified atom stereocenters. The van der Waals surface area contributed by atoms with E-state index in [4.69, 9.17) is 0 Å². The van der Waals surface area contributed by atoms with Crippen molar-refractivity contribution in [2.75, 3.05) is 13.1 Å². The van der Waals surface area contributed by atoms with Gasteiger partial charge in [0.15, 0.2) is 11.8 Å². The van der Waals surface area contributed by atoms with Crippen molar-refractivity contribution in [1.82, 2.24) is 30.4 Å². The molecule has 0 amide bonds. The molecule has 31 heavy (non-hydrogen) atoms. The Bertz CT molecular complexity index is 1140. The van der Waals surface area contributed by atoms with Gasteiger partial charge in [-0.25, -0.2) is 19.0 Å². The molecular weight excluding hydrogens is 508 g/mol. The van der Waals surface area contributed by atoms with Crippen LogP contribution in [0, 0.1) is 5.82 Å². The zero-order valence-electron chi connectivity index (χ0n) is 17.2. The Hall–Kier alpha value is -2.95. The predicted molar refractivity (Wildman–Crippen MR) is 132 cm³/mol. The Morgan fingerprint density at radius 3 is 2.90 bits per heavy atom. The van der Waals surface area contributed by atoms with Crippen LogP contribution in [0.15, 0.2) is 66.2 Å². The molecule has 4 aromatic rings. The van der Waals surface area contributed by atoms with Crippen LogP contribution in [0.1, 0.15) is 18.1 Å². The summed E-state index contributed by atoms with van der Waals surface area (Å²) < 4.78 is 15.3. The lowest BCUT2D eigenvalue weighted by molar-refractivity contribution is 0.629. The maximum absolute atomic E-state index is 13.6. The average molecular weight is 533 g/mol. The maximum atomic E-state index is 13.6. The number of guanidine groups is 1. The normalized spacial score (nSPS) is 11.4. The summed E-state index contributed by atoms with van der Waals surface area (Å²) in [5.74, 6) is 1.27. The number of hydrogen-bond donors (Lipinski definition) is 3. The van der Waals surface area contributed by atoms with Gasteiger partial charge in [-0.15, -0.1) is 24.0 Å². The molecule has 3 N–H and O–H groups in total. The van der Waals surface area contributed by atoms with E-state index < -0.39 is 0 Å². The highest BCUT2D eigenvalue weighted by Crippen LogP contribution is 2.19. The Kier molecular flexibility index (Phi) is 7.99. The second kappa shape index (κ2) is 10.9. The van der Waals surface area contributed by atoms with E-state index in [1.54, 1.807) is 29.2 Å². The highest BCUT2D eigenvalue weighted by atomic mass is 127. The molecule has 0 aliphatic rings. The van der Waals surface area contributed by atoms with Gasteiger partial charge in [0.1, 0.15) is 5.82 Å². The van der Waals surface area contributed by atoms with Crippen LogP contribution in [0.4, 0.5) is 4.39 Å². The molecule has 0 saturated heterocycles. The minimum atomic E-state index is -0.224. The van der Waals surface area contributed by atoms with E-state index in [0.29, 0.717) is 13.1 Å². The monoisotopic (exact) mass is 533 g/mol. The summed E-state index contributed by atoms with van der Waals surface area (Å²) in [4.78, 5) is 12.2. The minimum absolute atomic E-state index is 0. The molecule has 4 rings (SSSR count). The quantitative estimate of drug-likeness (QED) is 0.192. The number of benzene rings is 1. The Morgan fingerprint density at radius 1 is 1.19 bits per heavy atom. The smallest absolute Gasteiger partial charge is 0.191 e. The van der Waals surface area contributed by atoms with Gasteiger partial charge in [0.05, 0.1) is 6.54 Å². The number of nitrogens with zero attached hydrogens (tertiary/aromatic N) is 4. The number of aromatic amines is 1. The molecule has 1 aromatic carbocycles. The zero-order chi connectivity index (χ0) is 20.8. The van der Waals surface area contributed by atoms with Crippen molar-refractivity contribution in [3.05, 3.63) is 78.1 Å². The first-order valence-corrected chi connectivity index (χ1v) is 9.95.